The van der Waals surface area contributed by atoms with E-state index in [4.69, 9.17) is 9.26 Å². The van der Waals surface area contributed by atoms with Crippen molar-refractivity contribution in [3.8, 4) is 0 Å². The molecule has 1 aliphatic heterocycles. The number of benzene rings is 1. The molecule has 116 valence electrons. The zero-order valence-electron chi connectivity index (χ0n) is 12.5. The second-order valence-electron chi connectivity index (χ2n) is 6.47. The van der Waals surface area contributed by atoms with Crippen LogP contribution in [0.2, 0.25) is 0 Å². The summed E-state index contributed by atoms with van der Waals surface area (Å²) in [6, 6.07) is 7.74. The molecule has 1 N–H and O–H groups in total. The molecular weight excluding hydrogens is 280 g/mol. The van der Waals surface area contributed by atoms with Gasteiger partial charge in [0.15, 0.2) is 5.58 Å². The van der Waals surface area contributed by atoms with Crippen LogP contribution in [-0.4, -0.2) is 29.3 Å². The maximum atomic E-state index is 12.3. The average Bonchev–Trinajstić information content (AvgIpc) is 3.23. The summed E-state index contributed by atoms with van der Waals surface area (Å²) in [5, 5.41) is 8.01. The van der Waals surface area contributed by atoms with Crippen LogP contribution in [0.5, 0.6) is 0 Å². The highest BCUT2D eigenvalue weighted by Gasteiger charge is 2.42. The quantitative estimate of drug-likeness (QED) is 0.946. The maximum Gasteiger partial charge on any atom is 0.226 e. The standard InChI is InChI=1S/C17H20N2O3/c20-16(9-14-13-5-1-2-6-15(13)22-19-14)18-12-10-17(21-11-12)7-3-4-8-17/h1-2,5-6,12H,3-4,7-11H2,(H,18,20)/t12-/m0/s1. The van der Waals surface area contributed by atoms with Crippen LogP contribution in [0.25, 0.3) is 11.0 Å². The topological polar surface area (TPSA) is 64.4 Å². The zero-order chi connectivity index (χ0) is 15.0. The molecule has 1 aromatic heterocycles. The number of nitrogens with zero attached hydrogens (tertiary/aromatic N) is 1. The molecule has 0 radical (unpaired) electrons. The first-order valence-corrected chi connectivity index (χ1v) is 8.01. The molecular formula is C17H20N2O3. The molecule has 1 spiro atoms. The van der Waals surface area contributed by atoms with E-state index in [2.05, 4.69) is 10.5 Å². The highest BCUT2D eigenvalue weighted by Crippen LogP contribution is 2.40. The summed E-state index contributed by atoms with van der Waals surface area (Å²) in [7, 11) is 0. The minimum atomic E-state index is -0.0114. The molecule has 0 unspecified atom stereocenters. The summed E-state index contributed by atoms with van der Waals surface area (Å²) in [6.45, 7) is 0.630. The fourth-order valence-corrected chi connectivity index (χ4v) is 3.80. The first-order chi connectivity index (χ1) is 10.7. The van der Waals surface area contributed by atoms with Gasteiger partial charge in [-0.25, -0.2) is 0 Å². The van der Waals surface area contributed by atoms with Crippen LogP contribution < -0.4 is 5.32 Å². The van der Waals surface area contributed by atoms with Gasteiger partial charge in [0.05, 0.1) is 24.7 Å². The second-order valence-corrected chi connectivity index (χ2v) is 6.47. The van der Waals surface area contributed by atoms with Gasteiger partial charge in [-0.05, 0) is 31.4 Å². The summed E-state index contributed by atoms with van der Waals surface area (Å²) < 4.78 is 11.2. The zero-order valence-corrected chi connectivity index (χ0v) is 12.5. The molecule has 2 aromatic rings. The Morgan fingerprint density at radius 1 is 1.32 bits per heavy atom. The molecule has 1 saturated carbocycles. The Hall–Kier alpha value is -1.88. The molecule has 1 amide bonds. The van der Waals surface area contributed by atoms with Crippen molar-refractivity contribution in [2.45, 2.75) is 50.2 Å². The van der Waals surface area contributed by atoms with Gasteiger partial charge < -0.3 is 14.6 Å². The van der Waals surface area contributed by atoms with Crippen LogP contribution >= 0.6 is 0 Å². The Kier molecular flexibility index (Phi) is 3.37. The SMILES string of the molecule is O=C(Cc1noc2ccccc12)N[C@@H]1COC2(CCCC2)C1. The van der Waals surface area contributed by atoms with E-state index < -0.39 is 0 Å². The highest BCUT2D eigenvalue weighted by molar-refractivity contribution is 5.86. The van der Waals surface area contributed by atoms with Gasteiger partial charge in [-0.3, -0.25) is 4.79 Å². The van der Waals surface area contributed by atoms with Crippen molar-refractivity contribution in [3.63, 3.8) is 0 Å². The van der Waals surface area contributed by atoms with Gasteiger partial charge in [0, 0.05) is 5.39 Å². The third-order valence-corrected chi connectivity index (χ3v) is 4.87. The number of hydrogen-bond donors (Lipinski definition) is 1. The number of hydrogen-bond acceptors (Lipinski definition) is 4. The van der Waals surface area contributed by atoms with Crippen molar-refractivity contribution >= 4 is 16.9 Å². The number of para-hydroxylation sites is 1. The third-order valence-electron chi connectivity index (χ3n) is 4.87. The van der Waals surface area contributed by atoms with E-state index >= 15 is 0 Å². The largest absolute Gasteiger partial charge is 0.373 e. The fourth-order valence-electron chi connectivity index (χ4n) is 3.80. The van der Waals surface area contributed by atoms with E-state index in [0.717, 1.165) is 30.2 Å². The Labute approximate surface area is 129 Å². The molecule has 1 aromatic carbocycles. The highest BCUT2D eigenvalue weighted by atomic mass is 16.5. The van der Waals surface area contributed by atoms with E-state index in [1.807, 2.05) is 24.3 Å². The van der Waals surface area contributed by atoms with Crippen LogP contribution in [0, 0.1) is 0 Å². The van der Waals surface area contributed by atoms with Crippen LogP contribution in [0.15, 0.2) is 28.8 Å². The first-order valence-electron chi connectivity index (χ1n) is 8.01. The molecule has 1 atom stereocenters. The van der Waals surface area contributed by atoms with E-state index in [-0.39, 0.29) is 24.0 Å². The Bertz CT molecular complexity index is 688. The second kappa shape index (κ2) is 5.39. The predicted octanol–water partition coefficient (Wildman–Crippen LogP) is 2.59. The van der Waals surface area contributed by atoms with Crippen molar-refractivity contribution in [1.82, 2.24) is 10.5 Å². The summed E-state index contributed by atoms with van der Waals surface area (Å²) in [4.78, 5) is 12.3. The molecule has 1 saturated heterocycles. The van der Waals surface area contributed by atoms with Crippen molar-refractivity contribution in [3.05, 3.63) is 30.0 Å². The average molecular weight is 300 g/mol. The maximum absolute atomic E-state index is 12.3. The minimum Gasteiger partial charge on any atom is -0.373 e. The number of carbonyl (C=O) groups excluding carboxylic acids is 1. The van der Waals surface area contributed by atoms with Crippen molar-refractivity contribution < 1.29 is 14.1 Å². The summed E-state index contributed by atoms with van der Waals surface area (Å²) in [6.07, 6.45) is 5.94. The number of aromatic nitrogens is 1. The number of rotatable bonds is 3. The molecule has 5 heteroatoms. The van der Waals surface area contributed by atoms with E-state index in [1.165, 1.54) is 12.8 Å². The number of carbonyl (C=O) groups is 1. The summed E-state index contributed by atoms with van der Waals surface area (Å²) in [5.41, 5.74) is 1.46. The molecule has 4 rings (SSSR count). The molecule has 1 aliphatic carbocycles. The molecule has 22 heavy (non-hydrogen) atoms. The lowest BCUT2D eigenvalue weighted by Gasteiger charge is -2.21. The number of fused-ring (bicyclic) bond motifs is 1. The van der Waals surface area contributed by atoms with Crippen LogP contribution in [0.1, 0.15) is 37.8 Å². The first kappa shape index (κ1) is 13.8. The lowest BCUT2D eigenvalue weighted by atomic mass is 9.96. The van der Waals surface area contributed by atoms with E-state index in [0.29, 0.717) is 12.3 Å². The van der Waals surface area contributed by atoms with Gasteiger partial charge in [0.25, 0.3) is 0 Å². The molecule has 0 bridgehead atoms. The van der Waals surface area contributed by atoms with E-state index in [9.17, 15) is 4.79 Å². The van der Waals surface area contributed by atoms with Gasteiger partial charge in [-0.15, -0.1) is 0 Å². The van der Waals surface area contributed by atoms with Crippen molar-refractivity contribution in [1.29, 1.82) is 0 Å². The normalized spacial score (nSPS) is 23.4. The van der Waals surface area contributed by atoms with Gasteiger partial charge >= 0.3 is 0 Å². The van der Waals surface area contributed by atoms with Gasteiger partial charge in [0.2, 0.25) is 5.91 Å². The fraction of sp³-hybridized carbons (Fsp3) is 0.529. The summed E-state index contributed by atoms with van der Waals surface area (Å²) >= 11 is 0. The van der Waals surface area contributed by atoms with Crippen LogP contribution in [0.3, 0.4) is 0 Å². The molecule has 2 heterocycles. The Morgan fingerprint density at radius 2 is 2.14 bits per heavy atom. The molecule has 2 aliphatic rings. The Morgan fingerprint density at radius 3 is 3.00 bits per heavy atom. The lowest BCUT2D eigenvalue weighted by molar-refractivity contribution is -0.121. The number of nitrogens with one attached hydrogen (secondary N) is 1. The molecule has 2 fully saturated rings. The monoisotopic (exact) mass is 300 g/mol. The van der Waals surface area contributed by atoms with Crippen LogP contribution in [0.4, 0.5) is 0 Å². The predicted molar refractivity (Wildman–Crippen MR) is 81.4 cm³/mol. The van der Waals surface area contributed by atoms with Gasteiger partial charge in [0.1, 0.15) is 5.69 Å². The lowest BCUT2D eigenvalue weighted by Crippen LogP contribution is -2.37. The Balaban J connectivity index is 1.39. The number of amides is 1. The third kappa shape index (κ3) is 2.50. The number of ether oxygens (including phenoxy) is 1. The van der Waals surface area contributed by atoms with Gasteiger partial charge in [-0.2, -0.15) is 0 Å². The van der Waals surface area contributed by atoms with Gasteiger partial charge in [-0.1, -0.05) is 30.1 Å². The minimum absolute atomic E-state index is 0.0114. The van der Waals surface area contributed by atoms with Crippen molar-refractivity contribution in [2.24, 2.45) is 0 Å². The van der Waals surface area contributed by atoms with Crippen molar-refractivity contribution in [2.75, 3.05) is 6.61 Å². The smallest absolute Gasteiger partial charge is 0.226 e. The summed E-state index contributed by atoms with van der Waals surface area (Å²) in [5.74, 6) is -0.0114. The van der Waals surface area contributed by atoms with E-state index in [1.54, 1.807) is 0 Å². The molecule has 5 nitrogen and oxygen atoms in total. The van der Waals surface area contributed by atoms with Crippen LogP contribution in [-0.2, 0) is 16.0 Å².